The molecule has 7 nitrogen and oxygen atoms in total. The van der Waals surface area contributed by atoms with Crippen molar-refractivity contribution in [3.05, 3.63) is 74.7 Å². The molecular formula is C16H10O7W. The van der Waals surface area contributed by atoms with Crippen molar-refractivity contribution >= 4 is 16.4 Å². The summed E-state index contributed by atoms with van der Waals surface area (Å²) in [5.74, 6) is 0. The molecule has 0 fully saturated rings. The number of carbonyl (C=O) groups excluding carboxylic acids is 1. The molecule has 1 aromatic rings. The third-order valence-corrected chi connectivity index (χ3v) is 2.77. The molecule has 0 heterocycles. The Morgan fingerprint density at radius 3 is 1.50 bits per heavy atom. The van der Waals surface area contributed by atoms with Gasteiger partial charge in [-0.25, -0.2) is 0 Å². The van der Waals surface area contributed by atoms with Crippen LogP contribution in [0.15, 0.2) is 30.3 Å². The van der Waals surface area contributed by atoms with Crippen molar-refractivity contribution in [2.45, 2.75) is 0 Å². The Hall–Kier alpha value is -2.15. The monoisotopic (exact) mass is 498 g/mol. The first-order chi connectivity index (χ1) is 11.8. The molecule has 1 aromatic carbocycles. The van der Waals surface area contributed by atoms with Crippen LogP contribution in [-0.2, 0) is 47.4 Å². The predicted octanol–water partition coefficient (Wildman–Crippen LogP) is 1.65. The van der Waals surface area contributed by atoms with Gasteiger partial charge >= 0.3 is 150 Å². The van der Waals surface area contributed by atoms with E-state index in [2.05, 4.69) is 33.3 Å². The van der Waals surface area contributed by atoms with Crippen LogP contribution in [0.2, 0.25) is 0 Å². The summed E-state index contributed by atoms with van der Waals surface area (Å²) in [6.45, 7) is 22.5. The van der Waals surface area contributed by atoms with Crippen molar-refractivity contribution in [1.29, 1.82) is 0 Å². The van der Waals surface area contributed by atoms with Crippen molar-refractivity contribution in [1.82, 2.24) is 0 Å². The molecule has 0 aromatic heterocycles. The van der Waals surface area contributed by atoms with E-state index in [0.717, 1.165) is 15.9 Å². The minimum absolute atomic E-state index is 0.695. The van der Waals surface area contributed by atoms with E-state index in [9.17, 15) is 4.79 Å². The van der Waals surface area contributed by atoms with Gasteiger partial charge in [0, 0.05) is 0 Å². The van der Waals surface area contributed by atoms with E-state index in [4.69, 9.17) is 28.0 Å². The Morgan fingerprint density at radius 1 is 0.875 bits per heavy atom. The number of carbonyl (C=O) groups is 1. The molecule has 0 saturated carbocycles. The van der Waals surface area contributed by atoms with E-state index in [1.54, 1.807) is 19.2 Å². The fourth-order valence-electron chi connectivity index (χ4n) is 0.918. The van der Waals surface area contributed by atoms with E-state index in [1.165, 1.54) is 19.4 Å². The van der Waals surface area contributed by atoms with Crippen LogP contribution in [-0.4, -0.2) is 17.5 Å². The summed E-state index contributed by atoms with van der Waals surface area (Å²) in [6, 6.07) is 7.39. The second-order valence-electron chi connectivity index (χ2n) is 2.64. The van der Waals surface area contributed by atoms with Gasteiger partial charge in [0.1, 0.15) is 0 Å². The second-order valence-corrected chi connectivity index (χ2v) is 4.09. The van der Waals surface area contributed by atoms with Gasteiger partial charge in [0.15, 0.2) is 0 Å². The van der Waals surface area contributed by atoms with Crippen LogP contribution < -0.4 is 0 Å². The SMILES string of the molecule is CO[C](=[W])/C=C/c1ccc(C=O)cc1.[C-]#[O+].[C-]#[O+].[C-]#[O+].[C-]#[O+].[C-]#[O+]. The number of hydrogen-bond donors (Lipinski definition) is 0. The Labute approximate surface area is 150 Å². The summed E-state index contributed by atoms with van der Waals surface area (Å²) in [4.78, 5) is 10.4. The quantitative estimate of drug-likeness (QED) is 0.356. The molecular weight excluding hydrogens is 488 g/mol. The first-order valence-corrected chi connectivity index (χ1v) is 6.56. The van der Waals surface area contributed by atoms with Crippen LogP contribution in [0.4, 0.5) is 0 Å². The summed E-state index contributed by atoms with van der Waals surface area (Å²) in [6.07, 6.45) is 4.72. The van der Waals surface area contributed by atoms with Crippen LogP contribution in [0.25, 0.3) is 6.08 Å². The molecule has 0 spiro atoms. The van der Waals surface area contributed by atoms with Gasteiger partial charge in [-0.1, -0.05) is 0 Å². The van der Waals surface area contributed by atoms with Gasteiger partial charge in [0.25, 0.3) is 0 Å². The van der Waals surface area contributed by atoms with E-state index in [-0.39, 0.29) is 0 Å². The average Bonchev–Trinajstić information content (AvgIpc) is 2.74. The van der Waals surface area contributed by atoms with Gasteiger partial charge in [-0.3, -0.25) is 0 Å². The Bertz CT molecular complexity index is 514. The van der Waals surface area contributed by atoms with Crippen LogP contribution in [0.3, 0.4) is 0 Å². The van der Waals surface area contributed by atoms with Gasteiger partial charge in [-0.2, -0.15) is 0 Å². The van der Waals surface area contributed by atoms with Gasteiger partial charge in [0.2, 0.25) is 0 Å². The Balaban J connectivity index is -0.000000103. The van der Waals surface area contributed by atoms with E-state index in [1.807, 2.05) is 24.3 Å². The summed E-state index contributed by atoms with van der Waals surface area (Å²) < 4.78 is 43.5. The molecule has 8 heteroatoms. The number of ether oxygens (including phenoxy) is 1. The van der Waals surface area contributed by atoms with Crippen molar-refractivity contribution in [2.75, 3.05) is 7.11 Å². The first kappa shape index (κ1) is 33.5. The van der Waals surface area contributed by atoms with Gasteiger partial charge in [-0.15, -0.1) is 0 Å². The van der Waals surface area contributed by atoms with E-state index >= 15 is 0 Å². The standard InChI is InChI=1S/C11H10O2.5CO.W/c1-13-8-2-3-10-4-6-11(9-12)7-5-10;5*1-2;/h2-7,9H,1H3;;;;;;/b3-2+;;;;;;. The molecule has 0 saturated heterocycles. The maximum absolute atomic E-state index is 10.4. The van der Waals surface area contributed by atoms with Crippen LogP contribution in [0, 0.1) is 33.3 Å². The molecule has 0 unspecified atom stereocenters. The molecule has 0 aliphatic heterocycles. The summed E-state index contributed by atoms with van der Waals surface area (Å²) in [7, 11) is 1.65. The zero-order valence-corrected chi connectivity index (χ0v) is 15.2. The second kappa shape index (κ2) is 37.3. The molecule has 1 rings (SSSR count). The van der Waals surface area contributed by atoms with Gasteiger partial charge in [-0.05, 0) is 0 Å². The predicted molar refractivity (Wildman–Crippen MR) is 72.5 cm³/mol. The average molecular weight is 498 g/mol. The number of hydrogen-bond acceptors (Lipinski definition) is 2. The molecule has 0 bridgehead atoms. The van der Waals surface area contributed by atoms with Gasteiger partial charge in [0.05, 0.1) is 0 Å². The Morgan fingerprint density at radius 2 is 1.21 bits per heavy atom. The third-order valence-electron chi connectivity index (χ3n) is 1.69. The first-order valence-electron chi connectivity index (χ1n) is 5.09. The van der Waals surface area contributed by atoms with Crippen molar-refractivity contribution in [3.8, 4) is 0 Å². The summed E-state index contributed by atoms with van der Waals surface area (Å²) in [5, 5.41) is 0. The zero-order valence-electron chi connectivity index (χ0n) is 12.3. The molecule has 0 radical (unpaired) electrons. The molecule has 122 valence electrons. The molecule has 0 aliphatic carbocycles. The number of rotatable bonds is 4. The van der Waals surface area contributed by atoms with Crippen molar-refractivity contribution in [2.24, 2.45) is 0 Å². The summed E-state index contributed by atoms with van der Waals surface area (Å²) >= 11 is 1.29. The fraction of sp³-hybridized carbons (Fsp3) is 0.0625. The zero-order chi connectivity index (χ0) is 20.4. The topological polar surface area (TPSA) is 126 Å². The number of methoxy groups -OCH3 is 1. The third kappa shape index (κ3) is 24.8. The van der Waals surface area contributed by atoms with E-state index in [0.29, 0.717) is 5.56 Å². The van der Waals surface area contributed by atoms with Crippen LogP contribution in [0.1, 0.15) is 15.9 Å². The molecule has 0 aliphatic rings. The van der Waals surface area contributed by atoms with Crippen LogP contribution >= 0.6 is 0 Å². The van der Waals surface area contributed by atoms with Crippen molar-refractivity contribution < 1.29 is 52.1 Å². The minimum atomic E-state index is 0.695. The summed E-state index contributed by atoms with van der Waals surface area (Å²) in [5.41, 5.74) is 1.76. The normalized spacial score (nSPS) is 6.46. The number of aldehydes is 1. The van der Waals surface area contributed by atoms with Gasteiger partial charge < -0.3 is 0 Å². The molecule has 24 heavy (non-hydrogen) atoms. The van der Waals surface area contributed by atoms with Crippen molar-refractivity contribution in [3.63, 3.8) is 0 Å². The number of benzene rings is 1. The molecule has 0 amide bonds. The molecule has 0 N–H and O–H groups in total. The Kier molecular flexibility index (Phi) is 51.9. The van der Waals surface area contributed by atoms with Crippen LogP contribution in [0.5, 0.6) is 0 Å². The maximum atomic E-state index is 10.4. The molecule has 0 atom stereocenters. The van der Waals surface area contributed by atoms with E-state index < -0.39 is 0 Å². The fourth-order valence-corrected chi connectivity index (χ4v) is 1.16.